The second-order valence-corrected chi connectivity index (χ2v) is 6.80. The number of hydrogen-bond acceptors (Lipinski definition) is 3. The van der Waals surface area contributed by atoms with Crippen LogP contribution >= 0.6 is 0 Å². The minimum absolute atomic E-state index is 0.0861. The van der Waals surface area contributed by atoms with Gasteiger partial charge in [0.05, 0.1) is 17.4 Å². The van der Waals surface area contributed by atoms with Crippen LogP contribution in [0.4, 0.5) is 4.39 Å². The maximum Gasteiger partial charge on any atom is 0.256 e. The first kappa shape index (κ1) is 15.6. The number of likely N-dealkylation sites (tertiary alicyclic amines) is 2. The average molecular weight is 330 g/mol. The quantitative estimate of drug-likeness (QED) is 0.941. The van der Waals surface area contributed by atoms with E-state index in [0.29, 0.717) is 22.6 Å². The van der Waals surface area contributed by atoms with Crippen molar-refractivity contribution in [3.8, 4) is 0 Å². The van der Waals surface area contributed by atoms with E-state index in [2.05, 4.69) is 21.8 Å². The number of aromatic amines is 1. The zero-order chi connectivity index (χ0) is 16.7. The molecular weight excluding hydrogens is 307 g/mol. The number of hydrogen-bond donors (Lipinski definition) is 1. The Hall–Kier alpha value is -1.95. The molecule has 1 amide bonds. The Labute approximate surface area is 140 Å². The van der Waals surface area contributed by atoms with E-state index in [1.807, 2.05) is 4.90 Å². The number of imidazole rings is 1. The summed E-state index contributed by atoms with van der Waals surface area (Å²) < 4.78 is 13.9. The topological polar surface area (TPSA) is 52.2 Å². The summed E-state index contributed by atoms with van der Waals surface area (Å²) in [5.41, 5.74) is 1.51. The van der Waals surface area contributed by atoms with E-state index in [1.165, 1.54) is 24.9 Å². The Morgan fingerprint density at radius 1 is 1.29 bits per heavy atom. The lowest BCUT2D eigenvalue weighted by Crippen LogP contribution is -2.48. The number of likely N-dealkylation sites (N-methyl/N-ethyl adjacent to an activating group) is 1. The van der Waals surface area contributed by atoms with Crippen LogP contribution in [-0.4, -0.2) is 57.4 Å². The van der Waals surface area contributed by atoms with Crippen molar-refractivity contribution in [1.29, 1.82) is 0 Å². The monoisotopic (exact) mass is 330 g/mol. The minimum atomic E-state index is -0.401. The minimum Gasteiger partial charge on any atom is -0.344 e. The first-order valence-electron chi connectivity index (χ1n) is 8.86. The van der Waals surface area contributed by atoms with E-state index in [4.69, 9.17) is 0 Å². The molecule has 6 heteroatoms. The van der Waals surface area contributed by atoms with Gasteiger partial charge >= 0.3 is 0 Å². The SMILES string of the molecule is CCN1CCCC1C1CCCN1C(=O)c1cc(F)cc2[nH]cnc12. The van der Waals surface area contributed by atoms with Gasteiger partial charge in [0.25, 0.3) is 5.91 Å². The summed E-state index contributed by atoms with van der Waals surface area (Å²) in [7, 11) is 0. The number of carbonyl (C=O) groups is 1. The van der Waals surface area contributed by atoms with E-state index in [9.17, 15) is 9.18 Å². The van der Waals surface area contributed by atoms with Crippen molar-refractivity contribution >= 4 is 16.9 Å². The van der Waals surface area contributed by atoms with Crippen molar-refractivity contribution in [3.63, 3.8) is 0 Å². The van der Waals surface area contributed by atoms with Gasteiger partial charge in [-0.15, -0.1) is 0 Å². The first-order chi connectivity index (χ1) is 11.7. The molecule has 2 aromatic rings. The molecule has 2 aliphatic heterocycles. The number of nitrogens with zero attached hydrogens (tertiary/aromatic N) is 3. The summed E-state index contributed by atoms with van der Waals surface area (Å²) in [5.74, 6) is -0.487. The Bertz CT molecular complexity index is 759. The van der Waals surface area contributed by atoms with E-state index >= 15 is 0 Å². The van der Waals surface area contributed by atoms with E-state index < -0.39 is 5.82 Å². The fourth-order valence-electron chi connectivity index (χ4n) is 4.46. The zero-order valence-electron chi connectivity index (χ0n) is 14.0. The number of H-pyrrole nitrogens is 1. The van der Waals surface area contributed by atoms with Gasteiger partial charge in [0.15, 0.2) is 0 Å². The lowest BCUT2D eigenvalue weighted by Gasteiger charge is -2.34. The van der Waals surface area contributed by atoms with Gasteiger partial charge in [-0.2, -0.15) is 0 Å². The third-order valence-electron chi connectivity index (χ3n) is 5.54. The summed E-state index contributed by atoms with van der Waals surface area (Å²) in [6.45, 7) is 5.06. The van der Waals surface area contributed by atoms with Gasteiger partial charge < -0.3 is 9.88 Å². The van der Waals surface area contributed by atoms with E-state index in [-0.39, 0.29) is 11.9 Å². The Morgan fingerprint density at radius 3 is 2.92 bits per heavy atom. The van der Waals surface area contributed by atoms with Crippen molar-refractivity contribution in [2.45, 2.75) is 44.7 Å². The highest BCUT2D eigenvalue weighted by atomic mass is 19.1. The Morgan fingerprint density at radius 2 is 2.08 bits per heavy atom. The van der Waals surface area contributed by atoms with Crippen LogP contribution in [0, 0.1) is 5.82 Å². The first-order valence-corrected chi connectivity index (χ1v) is 8.86. The lowest BCUT2D eigenvalue weighted by molar-refractivity contribution is 0.0651. The molecule has 2 fully saturated rings. The highest BCUT2D eigenvalue weighted by Gasteiger charge is 2.39. The van der Waals surface area contributed by atoms with Gasteiger partial charge in [-0.25, -0.2) is 9.37 Å². The third kappa shape index (κ3) is 2.49. The van der Waals surface area contributed by atoms with Crippen LogP contribution < -0.4 is 0 Å². The van der Waals surface area contributed by atoms with Crippen LogP contribution in [0.5, 0.6) is 0 Å². The molecule has 0 aliphatic carbocycles. The molecule has 2 saturated heterocycles. The molecule has 0 saturated carbocycles. The van der Waals surface area contributed by atoms with Crippen molar-refractivity contribution in [1.82, 2.24) is 19.8 Å². The van der Waals surface area contributed by atoms with Crippen LogP contribution in [0.2, 0.25) is 0 Å². The molecule has 2 atom stereocenters. The second-order valence-electron chi connectivity index (χ2n) is 6.80. The Kier molecular flexibility index (Phi) is 4.00. The van der Waals surface area contributed by atoms with Gasteiger partial charge in [-0.1, -0.05) is 6.92 Å². The zero-order valence-corrected chi connectivity index (χ0v) is 14.0. The molecule has 1 N–H and O–H groups in total. The number of fused-ring (bicyclic) bond motifs is 1. The van der Waals surface area contributed by atoms with Gasteiger partial charge in [-0.05, 0) is 50.9 Å². The predicted molar refractivity (Wildman–Crippen MR) is 90.4 cm³/mol. The number of amides is 1. The summed E-state index contributed by atoms with van der Waals surface area (Å²) in [6.07, 6.45) is 5.90. The number of aromatic nitrogens is 2. The fraction of sp³-hybridized carbons (Fsp3) is 0.556. The summed E-state index contributed by atoms with van der Waals surface area (Å²) in [4.78, 5) is 24.7. The highest BCUT2D eigenvalue weighted by molar-refractivity contribution is 6.05. The highest BCUT2D eigenvalue weighted by Crippen LogP contribution is 2.31. The van der Waals surface area contributed by atoms with Crippen LogP contribution in [-0.2, 0) is 0 Å². The van der Waals surface area contributed by atoms with Crippen LogP contribution in [0.15, 0.2) is 18.5 Å². The Balaban J connectivity index is 1.66. The van der Waals surface area contributed by atoms with Gasteiger partial charge in [-0.3, -0.25) is 9.69 Å². The molecule has 1 aromatic carbocycles. The number of halogens is 1. The van der Waals surface area contributed by atoms with Crippen LogP contribution in [0.1, 0.15) is 43.0 Å². The van der Waals surface area contributed by atoms with Crippen molar-refractivity contribution in [2.24, 2.45) is 0 Å². The summed E-state index contributed by atoms with van der Waals surface area (Å²) >= 11 is 0. The number of nitrogens with one attached hydrogen (secondary N) is 1. The molecule has 2 aliphatic rings. The maximum atomic E-state index is 13.9. The summed E-state index contributed by atoms with van der Waals surface area (Å²) in [6, 6.07) is 3.38. The second kappa shape index (κ2) is 6.16. The molecule has 0 bridgehead atoms. The lowest BCUT2D eigenvalue weighted by atomic mass is 10.0. The van der Waals surface area contributed by atoms with Gasteiger partial charge in [0.1, 0.15) is 11.3 Å². The van der Waals surface area contributed by atoms with Crippen molar-refractivity contribution in [2.75, 3.05) is 19.6 Å². The predicted octanol–water partition coefficient (Wildman–Crippen LogP) is 2.79. The van der Waals surface area contributed by atoms with Crippen molar-refractivity contribution in [3.05, 3.63) is 29.8 Å². The third-order valence-corrected chi connectivity index (χ3v) is 5.54. The number of rotatable bonds is 3. The maximum absolute atomic E-state index is 13.9. The van der Waals surface area contributed by atoms with E-state index in [0.717, 1.165) is 38.9 Å². The van der Waals surface area contributed by atoms with Crippen LogP contribution in [0.25, 0.3) is 11.0 Å². The molecule has 2 unspecified atom stereocenters. The summed E-state index contributed by atoms with van der Waals surface area (Å²) in [5, 5.41) is 0. The molecule has 0 spiro atoms. The molecule has 3 heterocycles. The molecular formula is C18H23FN4O. The molecule has 128 valence electrons. The normalized spacial score (nSPS) is 25.0. The average Bonchev–Trinajstić information content (AvgIpc) is 3.31. The van der Waals surface area contributed by atoms with Crippen molar-refractivity contribution < 1.29 is 9.18 Å². The molecule has 24 heavy (non-hydrogen) atoms. The largest absolute Gasteiger partial charge is 0.344 e. The molecule has 5 nitrogen and oxygen atoms in total. The van der Waals surface area contributed by atoms with E-state index in [1.54, 1.807) is 0 Å². The van der Waals surface area contributed by atoms with Gasteiger partial charge in [0, 0.05) is 18.6 Å². The fourth-order valence-corrected chi connectivity index (χ4v) is 4.46. The smallest absolute Gasteiger partial charge is 0.256 e. The van der Waals surface area contributed by atoms with Gasteiger partial charge in [0.2, 0.25) is 0 Å². The molecule has 1 aromatic heterocycles. The standard InChI is InChI=1S/C18H23FN4O/c1-2-22-7-3-5-15(22)16-6-4-8-23(16)18(24)13-9-12(19)10-14-17(13)21-11-20-14/h9-11,15-16H,2-8H2,1H3,(H,20,21). The molecule has 4 rings (SSSR count). The number of carbonyl (C=O) groups excluding carboxylic acids is 1. The van der Waals surface area contributed by atoms with Crippen LogP contribution in [0.3, 0.4) is 0 Å². The molecule has 0 radical (unpaired) electrons. The number of benzene rings is 1.